The number of para-hydroxylation sites is 1. The molecule has 0 N–H and O–H groups in total. The van der Waals surface area contributed by atoms with Gasteiger partial charge in [0.2, 0.25) is 0 Å². The Labute approximate surface area is 175 Å². The van der Waals surface area contributed by atoms with Crippen molar-refractivity contribution in [3.05, 3.63) is 90.6 Å². The molecular formula is C26H21N2OP. The minimum Gasteiger partial charge on any atom is -0.308 e. The van der Waals surface area contributed by atoms with Gasteiger partial charge in [-0.1, -0.05) is 68.4 Å². The van der Waals surface area contributed by atoms with Crippen LogP contribution >= 0.6 is 7.14 Å². The Hall–Kier alpha value is -3.16. The molecule has 0 radical (unpaired) electrons. The normalized spacial score (nSPS) is 17.6. The van der Waals surface area contributed by atoms with Gasteiger partial charge in [-0.25, -0.2) is 4.98 Å². The monoisotopic (exact) mass is 408 g/mol. The first-order valence-electron chi connectivity index (χ1n) is 10.3. The summed E-state index contributed by atoms with van der Waals surface area (Å²) in [4.78, 5) is 4.75. The number of fused-ring (bicyclic) bond motifs is 5. The molecule has 1 aliphatic heterocycles. The lowest BCUT2D eigenvalue weighted by Crippen LogP contribution is -2.33. The quantitative estimate of drug-likeness (QED) is 0.367. The fourth-order valence-electron chi connectivity index (χ4n) is 4.75. The molecular weight excluding hydrogens is 387 g/mol. The van der Waals surface area contributed by atoms with Crippen LogP contribution in [0.5, 0.6) is 0 Å². The van der Waals surface area contributed by atoms with Crippen LogP contribution in [-0.4, -0.2) is 9.55 Å². The zero-order valence-electron chi connectivity index (χ0n) is 16.9. The van der Waals surface area contributed by atoms with E-state index in [9.17, 15) is 4.57 Å². The van der Waals surface area contributed by atoms with Gasteiger partial charge in [0, 0.05) is 27.6 Å². The summed E-state index contributed by atoms with van der Waals surface area (Å²) in [6.45, 7) is 4.42. The van der Waals surface area contributed by atoms with Crippen molar-refractivity contribution >= 4 is 44.9 Å². The first kappa shape index (κ1) is 17.7. The lowest BCUT2D eigenvalue weighted by molar-refractivity contribution is 0.592. The topological polar surface area (TPSA) is 34.9 Å². The van der Waals surface area contributed by atoms with E-state index in [0.29, 0.717) is 5.92 Å². The van der Waals surface area contributed by atoms with Gasteiger partial charge in [-0.05, 0) is 35.7 Å². The lowest BCUT2D eigenvalue weighted by atomic mass is 10.0. The molecule has 0 aliphatic carbocycles. The SMILES string of the molecule is CC(C)c1ccc2c3cccc4c3n(c2c1)-c1ncccc1P4(=O)c1ccccc1. The van der Waals surface area contributed by atoms with Crippen LogP contribution in [0.3, 0.4) is 0 Å². The van der Waals surface area contributed by atoms with Gasteiger partial charge in [0.25, 0.3) is 0 Å². The van der Waals surface area contributed by atoms with Crippen molar-refractivity contribution in [2.75, 3.05) is 0 Å². The van der Waals surface area contributed by atoms with Crippen molar-refractivity contribution in [1.82, 2.24) is 9.55 Å². The van der Waals surface area contributed by atoms with Crippen LogP contribution < -0.4 is 15.9 Å². The number of benzene rings is 3. The molecule has 30 heavy (non-hydrogen) atoms. The molecule has 0 saturated carbocycles. The molecule has 6 rings (SSSR count). The van der Waals surface area contributed by atoms with Crippen molar-refractivity contribution < 1.29 is 4.57 Å². The zero-order valence-corrected chi connectivity index (χ0v) is 17.8. The van der Waals surface area contributed by atoms with E-state index in [1.807, 2.05) is 54.6 Å². The predicted molar refractivity (Wildman–Crippen MR) is 126 cm³/mol. The van der Waals surface area contributed by atoms with Gasteiger partial charge >= 0.3 is 0 Å². The molecule has 146 valence electrons. The highest BCUT2D eigenvalue weighted by molar-refractivity contribution is 7.86. The molecule has 1 unspecified atom stereocenters. The van der Waals surface area contributed by atoms with Gasteiger partial charge in [-0.15, -0.1) is 0 Å². The Morgan fingerprint density at radius 1 is 0.833 bits per heavy atom. The molecule has 5 aromatic rings. The summed E-state index contributed by atoms with van der Waals surface area (Å²) < 4.78 is 17.1. The Kier molecular flexibility index (Phi) is 3.63. The maximum Gasteiger partial charge on any atom is 0.176 e. The van der Waals surface area contributed by atoms with E-state index >= 15 is 0 Å². The maximum absolute atomic E-state index is 14.9. The van der Waals surface area contributed by atoms with E-state index < -0.39 is 7.14 Å². The Morgan fingerprint density at radius 3 is 2.43 bits per heavy atom. The molecule has 0 bridgehead atoms. The molecule has 3 heterocycles. The first-order valence-corrected chi connectivity index (χ1v) is 12.0. The van der Waals surface area contributed by atoms with Crippen molar-refractivity contribution in [2.24, 2.45) is 0 Å². The van der Waals surface area contributed by atoms with Crippen LogP contribution in [-0.2, 0) is 4.57 Å². The smallest absolute Gasteiger partial charge is 0.176 e. The molecule has 0 saturated heterocycles. The summed E-state index contributed by atoms with van der Waals surface area (Å²) in [7, 11) is -3.03. The summed E-state index contributed by atoms with van der Waals surface area (Å²) in [6, 6.07) is 26.6. The Bertz CT molecular complexity index is 1500. The minimum absolute atomic E-state index is 0.432. The zero-order chi connectivity index (χ0) is 20.5. The van der Waals surface area contributed by atoms with E-state index in [2.05, 4.69) is 42.7 Å². The van der Waals surface area contributed by atoms with Gasteiger partial charge in [-0.3, -0.25) is 4.57 Å². The van der Waals surface area contributed by atoms with Gasteiger partial charge < -0.3 is 4.57 Å². The van der Waals surface area contributed by atoms with Crippen LogP contribution in [0.15, 0.2) is 85.1 Å². The second kappa shape index (κ2) is 6.17. The fraction of sp³-hybridized carbons (Fsp3) is 0.115. The number of rotatable bonds is 2. The summed E-state index contributed by atoms with van der Waals surface area (Å²) in [5, 5.41) is 4.86. The number of nitrogens with zero attached hydrogens (tertiary/aromatic N) is 2. The van der Waals surface area contributed by atoms with Crippen molar-refractivity contribution in [2.45, 2.75) is 19.8 Å². The molecule has 0 spiro atoms. The number of pyridine rings is 1. The van der Waals surface area contributed by atoms with Crippen molar-refractivity contribution in [1.29, 1.82) is 0 Å². The number of hydrogen-bond acceptors (Lipinski definition) is 2. The molecule has 0 fully saturated rings. The van der Waals surface area contributed by atoms with E-state index in [0.717, 1.165) is 38.2 Å². The minimum atomic E-state index is -3.03. The van der Waals surface area contributed by atoms with Crippen molar-refractivity contribution in [3.8, 4) is 5.82 Å². The van der Waals surface area contributed by atoms with Gasteiger partial charge in [0.1, 0.15) is 5.82 Å². The molecule has 3 aromatic carbocycles. The van der Waals surface area contributed by atoms with Crippen LogP contribution in [0.1, 0.15) is 25.3 Å². The first-order chi connectivity index (χ1) is 14.6. The molecule has 3 nitrogen and oxygen atoms in total. The summed E-state index contributed by atoms with van der Waals surface area (Å²) >= 11 is 0. The third-order valence-electron chi connectivity index (χ3n) is 6.23. The van der Waals surface area contributed by atoms with E-state index in [1.165, 1.54) is 10.9 Å². The van der Waals surface area contributed by atoms with E-state index in [4.69, 9.17) is 4.98 Å². The van der Waals surface area contributed by atoms with Gasteiger partial charge in [-0.2, -0.15) is 0 Å². The standard InChI is InChI=1S/C26H21N2OP/c1-17(2)18-13-14-20-21-10-6-11-23-25(21)28(22(20)16-18)26-24(12-7-15-27-26)30(23,29)19-8-4-3-5-9-19/h3-17H,1-2H3. The molecule has 4 heteroatoms. The average molecular weight is 408 g/mol. The third kappa shape index (κ3) is 2.16. The van der Waals surface area contributed by atoms with Gasteiger partial charge in [0.05, 0.1) is 16.3 Å². The maximum atomic E-state index is 14.9. The molecule has 1 atom stereocenters. The second-order valence-electron chi connectivity index (χ2n) is 8.23. The van der Waals surface area contributed by atoms with Crippen LogP contribution in [0.2, 0.25) is 0 Å². The molecule has 2 aromatic heterocycles. The number of hydrogen-bond donors (Lipinski definition) is 0. The molecule has 0 amide bonds. The summed E-state index contributed by atoms with van der Waals surface area (Å²) in [6.07, 6.45) is 1.80. The second-order valence-corrected chi connectivity index (χ2v) is 10.9. The van der Waals surface area contributed by atoms with Crippen LogP contribution in [0.25, 0.3) is 27.6 Å². The molecule has 1 aliphatic rings. The highest BCUT2D eigenvalue weighted by Gasteiger charge is 2.39. The Morgan fingerprint density at radius 2 is 1.63 bits per heavy atom. The lowest BCUT2D eigenvalue weighted by Gasteiger charge is -2.28. The average Bonchev–Trinajstić information content (AvgIpc) is 3.12. The van der Waals surface area contributed by atoms with E-state index in [-0.39, 0.29) is 0 Å². The van der Waals surface area contributed by atoms with Gasteiger partial charge in [0.15, 0.2) is 7.14 Å². The van der Waals surface area contributed by atoms with E-state index in [1.54, 1.807) is 6.20 Å². The number of aromatic nitrogens is 2. The third-order valence-corrected chi connectivity index (χ3v) is 9.33. The van der Waals surface area contributed by atoms with Crippen LogP contribution in [0, 0.1) is 0 Å². The summed E-state index contributed by atoms with van der Waals surface area (Å²) in [5.74, 6) is 1.21. The largest absolute Gasteiger partial charge is 0.308 e. The van der Waals surface area contributed by atoms with Crippen molar-refractivity contribution in [3.63, 3.8) is 0 Å². The highest BCUT2D eigenvalue weighted by Crippen LogP contribution is 2.50. The summed E-state index contributed by atoms with van der Waals surface area (Å²) in [5.41, 5.74) is 3.44. The predicted octanol–water partition coefficient (Wildman–Crippen LogP) is 5.25. The highest BCUT2D eigenvalue weighted by atomic mass is 31.2. The van der Waals surface area contributed by atoms with Crippen LogP contribution in [0.4, 0.5) is 0 Å². The fourth-order valence-corrected chi connectivity index (χ4v) is 7.71. The Balaban J connectivity index is 1.86.